The second-order valence-electron chi connectivity index (χ2n) is 6.99. The third-order valence-corrected chi connectivity index (χ3v) is 4.81. The average Bonchev–Trinajstić information content (AvgIpc) is 3.12. The number of aromatic amines is 2. The van der Waals surface area contributed by atoms with Gasteiger partial charge in [-0.25, -0.2) is 9.59 Å². The van der Waals surface area contributed by atoms with Crippen molar-refractivity contribution in [2.24, 2.45) is 0 Å². The first-order chi connectivity index (χ1) is 14.7. The molecule has 0 spiro atoms. The second-order valence-corrected chi connectivity index (χ2v) is 6.99. The van der Waals surface area contributed by atoms with Gasteiger partial charge in [-0.05, 0) is 42.5 Å². The Kier molecular flexibility index (Phi) is 6.34. The van der Waals surface area contributed by atoms with E-state index in [1.807, 2.05) is 0 Å². The number of nitrogens with one attached hydrogen (secondary N) is 3. The molecule has 2 heterocycles. The van der Waals surface area contributed by atoms with Gasteiger partial charge in [0.05, 0.1) is 5.39 Å². The molecular weight excluding hydrogens is 406 g/mol. The van der Waals surface area contributed by atoms with E-state index in [0.29, 0.717) is 23.9 Å². The Balaban J connectivity index is 1.64. The molecule has 0 aliphatic carbocycles. The van der Waals surface area contributed by atoms with Crippen molar-refractivity contribution in [3.8, 4) is 0 Å². The number of benzene rings is 1. The number of aliphatic carboxylic acids is 2. The van der Waals surface area contributed by atoms with Crippen LogP contribution in [0.25, 0.3) is 11.0 Å². The maximum atomic E-state index is 12.3. The number of amides is 1. The molecule has 0 saturated heterocycles. The zero-order valence-corrected chi connectivity index (χ0v) is 16.3. The van der Waals surface area contributed by atoms with E-state index >= 15 is 0 Å². The average molecular weight is 427 g/mol. The van der Waals surface area contributed by atoms with E-state index < -0.39 is 29.6 Å². The van der Waals surface area contributed by atoms with Crippen LogP contribution in [0.2, 0.25) is 0 Å². The standard InChI is InChI=1S/C20H21N5O6/c21-16-15-12(9-22-17(15)25-20(31)24-16)6-3-10-1-4-11(5-2-10)18(28)23-13(19(29)30)7-8-14(26)27/h1-2,4-5,9,13H,3,6-8H2,(H,23,28)(H,26,27)(H,29,30)(H4,21,22,24,25,31)/t13-/m0/s1. The molecule has 3 aromatic rings. The lowest BCUT2D eigenvalue weighted by Crippen LogP contribution is -2.41. The van der Waals surface area contributed by atoms with Crippen molar-refractivity contribution < 1.29 is 24.6 Å². The summed E-state index contributed by atoms with van der Waals surface area (Å²) in [6, 6.07) is 5.36. The molecule has 1 amide bonds. The first kappa shape index (κ1) is 21.6. The Morgan fingerprint density at radius 1 is 1.13 bits per heavy atom. The van der Waals surface area contributed by atoms with Gasteiger partial charge in [0.15, 0.2) is 0 Å². The summed E-state index contributed by atoms with van der Waals surface area (Å²) in [4.78, 5) is 54.8. The molecule has 162 valence electrons. The fourth-order valence-corrected chi connectivity index (χ4v) is 3.21. The number of nitrogens with two attached hydrogens (primary N) is 1. The lowest BCUT2D eigenvalue weighted by molar-refractivity contribution is -0.140. The summed E-state index contributed by atoms with van der Waals surface area (Å²) in [6.07, 6.45) is 2.41. The van der Waals surface area contributed by atoms with Crippen LogP contribution in [-0.2, 0) is 22.4 Å². The third-order valence-electron chi connectivity index (χ3n) is 4.81. The molecule has 7 N–H and O–H groups in total. The van der Waals surface area contributed by atoms with Gasteiger partial charge >= 0.3 is 17.6 Å². The quantitative estimate of drug-likeness (QED) is 0.287. The molecule has 1 aromatic carbocycles. The van der Waals surface area contributed by atoms with Crippen molar-refractivity contribution in [2.45, 2.75) is 31.7 Å². The molecule has 31 heavy (non-hydrogen) atoms. The Morgan fingerprint density at radius 3 is 2.48 bits per heavy atom. The van der Waals surface area contributed by atoms with E-state index in [2.05, 4.69) is 20.3 Å². The number of carbonyl (C=O) groups excluding carboxylic acids is 1. The number of H-pyrrole nitrogens is 2. The maximum Gasteiger partial charge on any atom is 0.348 e. The minimum atomic E-state index is -1.29. The smallest absolute Gasteiger partial charge is 0.348 e. The van der Waals surface area contributed by atoms with Gasteiger partial charge in [-0.1, -0.05) is 12.1 Å². The van der Waals surface area contributed by atoms with Crippen LogP contribution in [0.5, 0.6) is 0 Å². The highest BCUT2D eigenvalue weighted by Gasteiger charge is 2.21. The van der Waals surface area contributed by atoms with E-state index in [9.17, 15) is 19.2 Å². The predicted octanol–water partition coefficient (Wildman–Crippen LogP) is 0.666. The highest BCUT2D eigenvalue weighted by Crippen LogP contribution is 2.21. The van der Waals surface area contributed by atoms with Crippen LogP contribution in [0.15, 0.2) is 35.3 Å². The molecule has 0 aliphatic heterocycles. The number of rotatable bonds is 9. The fourth-order valence-electron chi connectivity index (χ4n) is 3.21. The molecular formula is C20H21N5O6. The molecule has 0 radical (unpaired) electrons. The number of aryl methyl sites for hydroxylation is 2. The molecule has 0 aliphatic rings. The number of carboxylic acids is 2. The Morgan fingerprint density at radius 2 is 1.84 bits per heavy atom. The number of carbonyl (C=O) groups is 3. The van der Waals surface area contributed by atoms with Crippen molar-refractivity contribution in [2.75, 3.05) is 5.73 Å². The Bertz CT molecular complexity index is 1180. The zero-order chi connectivity index (χ0) is 22.5. The maximum absolute atomic E-state index is 12.3. The molecule has 1 atom stereocenters. The van der Waals surface area contributed by atoms with E-state index in [4.69, 9.17) is 15.9 Å². The Labute approximate surface area is 175 Å². The van der Waals surface area contributed by atoms with Gasteiger partial charge in [-0.15, -0.1) is 0 Å². The number of nitrogens with zero attached hydrogens (tertiary/aromatic N) is 1. The van der Waals surface area contributed by atoms with Crippen LogP contribution in [0.4, 0.5) is 5.82 Å². The third kappa shape index (κ3) is 5.26. The number of nitrogen functional groups attached to an aromatic ring is 1. The minimum Gasteiger partial charge on any atom is -0.481 e. The number of hydrogen-bond donors (Lipinski definition) is 6. The number of fused-ring (bicyclic) bond motifs is 1. The van der Waals surface area contributed by atoms with Gasteiger partial charge < -0.3 is 26.2 Å². The van der Waals surface area contributed by atoms with Crippen LogP contribution in [-0.4, -0.2) is 49.1 Å². The summed E-state index contributed by atoms with van der Waals surface area (Å²) in [7, 11) is 0. The van der Waals surface area contributed by atoms with Crippen molar-refractivity contribution in [1.82, 2.24) is 20.3 Å². The summed E-state index contributed by atoms with van der Waals surface area (Å²) in [5.74, 6) is -2.78. The highest BCUT2D eigenvalue weighted by molar-refractivity contribution is 5.96. The van der Waals surface area contributed by atoms with Gasteiger partial charge in [-0.2, -0.15) is 4.98 Å². The van der Waals surface area contributed by atoms with Gasteiger partial charge in [-0.3, -0.25) is 14.6 Å². The number of anilines is 1. The van der Waals surface area contributed by atoms with E-state index in [0.717, 1.165) is 11.1 Å². The summed E-state index contributed by atoms with van der Waals surface area (Å²) >= 11 is 0. The largest absolute Gasteiger partial charge is 0.481 e. The summed E-state index contributed by atoms with van der Waals surface area (Å²) in [6.45, 7) is 0. The first-order valence-electron chi connectivity index (χ1n) is 9.44. The number of carboxylic acid groups (broad SMARTS) is 2. The highest BCUT2D eigenvalue weighted by atomic mass is 16.4. The first-order valence-corrected chi connectivity index (χ1v) is 9.44. The molecule has 0 bridgehead atoms. The monoisotopic (exact) mass is 427 g/mol. The molecule has 2 aromatic heterocycles. The lowest BCUT2D eigenvalue weighted by Gasteiger charge is -2.13. The van der Waals surface area contributed by atoms with Crippen LogP contribution in [0.3, 0.4) is 0 Å². The topological polar surface area (TPSA) is 191 Å². The van der Waals surface area contributed by atoms with Crippen LogP contribution >= 0.6 is 0 Å². The van der Waals surface area contributed by atoms with Gasteiger partial charge in [0.25, 0.3) is 5.91 Å². The fraction of sp³-hybridized carbons (Fsp3) is 0.250. The summed E-state index contributed by atoms with van der Waals surface area (Å²) < 4.78 is 0. The van der Waals surface area contributed by atoms with E-state index in [1.165, 1.54) is 0 Å². The molecule has 11 nitrogen and oxygen atoms in total. The lowest BCUT2D eigenvalue weighted by atomic mass is 10.0. The zero-order valence-electron chi connectivity index (χ0n) is 16.3. The molecule has 11 heteroatoms. The molecule has 0 fully saturated rings. The van der Waals surface area contributed by atoms with Crippen molar-refractivity contribution in [3.05, 3.63) is 57.6 Å². The van der Waals surface area contributed by atoms with Crippen molar-refractivity contribution in [3.63, 3.8) is 0 Å². The SMILES string of the molecule is Nc1[nH]c(=O)nc2[nH]cc(CCc3ccc(C(=O)N[C@@H](CCC(=O)O)C(=O)O)cc3)c12. The van der Waals surface area contributed by atoms with E-state index in [1.54, 1.807) is 30.5 Å². The second kappa shape index (κ2) is 9.11. The van der Waals surface area contributed by atoms with Gasteiger partial charge in [0.2, 0.25) is 0 Å². The normalized spacial score (nSPS) is 11.9. The van der Waals surface area contributed by atoms with Crippen LogP contribution in [0.1, 0.15) is 34.3 Å². The van der Waals surface area contributed by atoms with Crippen LogP contribution < -0.4 is 16.7 Å². The van der Waals surface area contributed by atoms with Crippen LogP contribution in [0, 0.1) is 0 Å². The van der Waals surface area contributed by atoms with E-state index in [-0.39, 0.29) is 24.2 Å². The predicted molar refractivity (Wildman–Crippen MR) is 111 cm³/mol. The van der Waals surface area contributed by atoms with Crippen molar-refractivity contribution in [1.29, 1.82) is 0 Å². The minimum absolute atomic E-state index is 0.206. The number of aromatic nitrogens is 3. The molecule has 0 saturated carbocycles. The molecule has 0 unspecified atom stereocenters. The van der Waals surface area contributed by atoms with Gasteiger partial charge in [0, 0.05) is 18.2 Å². The van der Waals surface area contributed by atoms with Gasteiger partial charge in [0.1, 0.15) is 17.5 Å². The Hall–Kier alpha value is -4.15. The summed E-state index contributed by atoms with van der Waals surface area (Å²) in [5.41, 5.74) is 7.87. The van der Waals surface area contributed by atoms with Crippen molar-refractivity contribution >= 4 is 34.7 Å². The molecule has 3 rings (SSSR count). The summed E-state index contributed by atoms with van der Waals surface area (Å²) in [5, 5.41) is 20.9. The number of hydrogen-bond acceptors (Lipinski definition) is 6.